The van der Waals surface area contributed by atoms with Gasteiger partial charge in [-0.2, -0.15) is 0 Å². The summed E-state index contributed by atoms with van der Waals surface area (Å²) in [7, 11) is 0. The van der Waals surface area contributed by atoms with Gasteiger partial charge in [0, 0.05) is 23.0 Å². The van der Waals surface area contributed by atoms with Crippen molar-refractivity contribution in [2.45, 2.75) is 11.3 Å². The third kappa shape index (κ3) is 3.12. The second-order valence-electron chi connectivity index (χ2n) is 5.03. The predicted molar refractivity (Wildman–Crippen MR) is 91.5 cm³/mol. The van der Waals surface area contributed by atoms with Crippen LogP contribution >= 0.6 is 12.6 Å². The number of hydrogen-bond acceptors (Lipinski definition) is 3. The topological polar surface area (TPSA) is 42.0 Å². The number of pyridine rings is 1. The number of nitrogens with zero attached hydrogens (tertiary/aromatic N) is 1. The van der Waals surface area contributed by atoms with Gasteiger partial charge in [-0.05, 0) is 24.1 Å². The summed E-state index contributed by atoms with van der Waals surface area (Å²) in [6.07, 6.45) is 2.51. The standard InChI is InChI=1S/C18H16N2OS/c21-18(20-12-10-13-5-2-1-3-6-13)15-9-8-14-7-4-11-19-16(14)17(15)22/h1-9,11,22H,10,12H2,(H,20,21). The molecule has 0 unspecified atom stereocenters. The molecule has 0 fully saturated rings. The van der Waals surface area contributed by atoms with E-state index in [4.69, 9.17) is 0 Å². The summed E-state index contributed by atoms with van der Waals surface area (Å²) in [5, 5.41) is 3.92. The van der Waals surface area contributed by atoms with Crippen molar-refractivity contribution < 1.29 is 4.79 Å². The molecule has 3 aromatic rings. The van der Waals surface area contributed by atoms with E-state index in [1.807, 2.05) is 36.4 Å². The third-order valence-corrected chi connectivity index (χ3v) is 3.99. The average Bonchev–Trinajstić information content (AvgIpc) is 2.56. The lowest BCUT2D eigenvalue weighted by Crippen LogP contribution is -2.26. The van der Waals surface area contributed by atoms with Crippen LogP contribution in [-0.4, -0.2) is 17.4 Å². The van der Waals surface area contributed by atoms with E-state index in [2.05, 4.69) is 35.1 Å². The molecule has 1 amide bonds. The van der Waals surface area contributed by atoms with Crippen LogP contribution in [0.1, 0.15) is 15.9 Å². The number of amides is 1. The first-order valence-corrected chi connectivity index (χ1v) is 7.59. The molecule has 0 atom stereocenters. The quantitative estimate of drug-likeness (QED) is 0.724. The summed E-state index contributed by atoms with van der Waals surface area (Å²) < 4.78 is 0. The highest BCUT2D eigenvalue weighted by molar-refractivity contribution is 7.80. The number of hydrogen-bond donors (Lipinski definition) is 2. The lowest BCUT2D eigenvalue weighted by Gasteiger charge is -2.09. The maximum atomic E-state index is 12.3. The molecule has 0 aliphatic rings. The highest BCUT2D eigenvalue weighted by Crippen LogP contribution is 2.23. The van der Waals surface area contributed by atoms with E-state index in [-0.39, 0.29) is 5.91 Å². The molecule has 22 heavy (non-hydrogen) atoms. The Balaban J connectivity index is 1.71. The van der Waals surface area contributed by atoms with E-state index in [1.165, 1.54) is 5.56 Å². The van der Waals surface area contributed by atoms with Gasteiger partial charge >= 0.3 is 0 Å². The fourth-order valence-corrected chi connectivity index (χ4v) is 2.74. The van der Waals surface area contributed by atoms with Crippen molar-refractivity contribution in [3.63, 3.8) is 0 Å². The fraction of sp³-hybridized carbons (Fsp3) is 0.111. The minimum absolute atomic E-state index is 0.117. The van der Waals surface area contributed by atoms with E-state index in [9.17, 15) is 4.79 Å². The van der Waals surface area contributed by atoms with E-state index in [1.54, 1.807) is 12.3 Å². The minimum atomic E-state index is -0.117. The molecule has 1 N–H and O–H groups in total. The van der Waals surface area contributed by atoms with Crippen LogP contribution in [0.3, 0.4) is 0 Å². The number of rotatable bonds is 4. The lowest BCUT2D eigenvalue weighted by atomic mass is 10.1. The van der Waals surface area contributed by atoms with Crippen LogP contribution in [0.25, 0.3) is 10.9 Å². The van der Waals surface area contributed by atoms with Crippen LogP contribution in [0.2, 0.25) is 0 Å². The molecule has 3 rings (SSSR count). The molecule has 3 nitrogen and oxygen atoms in total. The second-order valence-corrected chi connectivity index (χ2v) is 5.48. The van der Waals surface area contributed by atoms with Crippen molar-refractivity contribution in [3.05, 3.63) is 71.9 Å². The van der Waals surface area contributed by atoms with E-state index in [0.29, 0.717) is 17.0 Å². The number of nitrogens with one attached hydrogen (secondary N) is 1. The van der Waals surface area contributed by atoms with E-state index < -0.39 is 0 Å². The number of carbonyl (C=O) groups is 1. The molecule has 1 aromatic heterocycles. The maximum Gasteiger partial charge on any atom is 0.252 e. The molecule has 0 bridgehead atoms. The van der Waals surface area contributed by atoms with Crippen molar-refractivity contribution in [2.24, 2.45) is 0 Å². The first kappa shape index (κ1) is 14.6. The van der Waals surface area contributed by atoms with Gasteiger partial charge in [0.05, 0.1) is 11.1 Å². The molecule has 0 aliphatic carbocycles. The number of benzene rings is 2. The zero-order chi connectivity index (χ0) is 15.4. The van der Waals surface area contributed by atoms with Gasteiger partial charge in [0.2, 0.25) is 0 Å². The van der Waals surface area contributed by atoms with Gasteiger partial charge in [-0.15, -0.1) is 12.6 Å². The summed E-state index contributed by atoms with van der Waals surface area (Å²) in [5.74, 6) is -0.117. The molecular formula is C18H16N2OS. The normalized spacial score (nSPS) is 10.6. The SMILES string of the molecule is O=C(NCCc1ccccc1)c1ccc2cccnc2c1S. The first-order chi connectivity index (χ1) is 10.8. The van der Waals surface area contributed by atoms with Gasteiger partial charge in [-0.25, -0.2) is 0 Å². The highest BCUT2D eigenvalue weighted by atomic mass is 32.1. The summed E-state index contributed by atoms with van der Waals surface area (Å²) in [4.78, 5) is 17.2. The van der Waals surface area contributed by atoms with Gasteiger partial charge < -0.3 is 5.32 Å². The zero-order valence-corrected chi connectivity index (χ0v) is 12.9. The third-order valence-electron chi connectivity index (χ3n) is 3.53. The largest absolute Gasteiger partial charge is 0.352 e. The maximum absolute atomic E-state index is 12.3. The fourth-order valence-electron chi connectivity index (χ4n) is 2.37. The Hall–Kier alpha value is -2.33. The predicted octanol–water partition coefficient (Wildman–Crippen LogP) is 3.50. The summed E-state index contributed by atoms with van der Waals surface area (Å²) in [6, 6.07) is 17.6. The minimum Gasteiger partial charge on any atom is -0.352 e. The molecule has 1 heterocycles. The van der Waals surface area contributed by atoms with Gasteiger partial charge in [0.1, 0.15) is 0 Å². The number of carbonyl (C=O) groups excluding carboxylic acids is 1. The molecule has 0 spiro atoms. The van der Waals surface area contributed by atoms with Crippen LogP contribution < -0.4 is 5.32 Å². The van der Waals surface area contributed by atoms with E-state index >= 15 is 0 Å². The van der Waals surface area contributed by atoms with Crippen molar-refractivity contribution in [1.29, 1.82) is 0 Å². The van der Waals surface area contributed by atoms with Crippen LogP contribution in [0.5, 0.6) is 0 Å². The Kier molecular flexibility index (Phi) is 4.39. The number of aromatic nitrogens is 1. The molecular weight excluding hydrogens is 292 g/mol. The summed E-state index contributed by atoms with van der Waals surface area (Å²) >= 11 is 4.47. The van der Waals surface area contributed by atoms with E-state index in [0.717, 1.165) is 17.3 Å². The Morgan fingerprint density at radius 2 is 1.86 bits per heavy atom. The van der Waals surface area contributed by atoms with Gasteiger partial charge in [0.25, 0.3) is 5.91 Å². The average molecular weight is 308 g/mol. The first-order valence-electron chi connectivity index (χ1n) is 7.14. The van der Waals surface area contributed by atoms with Crippen LogP contribution in [0, 0.1) is 0 Å². The summed E-state index contributed by atoms with van der Waals surface area (Å²) in [6.45, 7) is 0.594. The lowest BCUT2D eigenvalue weighted by molar-refractivity contribution is 0.0951. The molecule has 0 saturated heterocycles. The highest BCUT2D eigenvalue weighted by Gasteiger charge is 2.12. The van der Waals surface area contributed by atoms with Crippen LogP contribution in [0.4, 0.5) is 0 Å². The second kappa shape index (κ2) is 6.62. The Bertz CT molecular complexity index is 803. The molecule has 0 saturated carbocycles. The Morgan fingerprint density at radius 1 is 1.05 bits per heavy atom. The Morgan fingerprint density at radius 3 is 2.68 bits per heavy atom. The number of thiol groups is 1. The molecule has 0 radical (unpaired) electrons. The van der Waals surface area contributed by atoms with Gasteiger partial charge in [-0.3, -0.25) is 9.78 Å². The smallest absolute Gasteiger partial charge is 0.252 e. The summed E-state index contributed by atoms with van der Waals surface area (Å²) in [5.41, 5.74) is 2.51. The van der Waals surface area contributed by atoms with Crippen molar-refractivity contribution in [1.82, 2.24) is 10.3 Å². The van der Waals surface area contributed by atoms with Crippen LogP contribution in [-0.2, 0) is 6.42 Å². The van der Waals surface area contributed by atoms with Crippen molar-refractivity contribution >= 4 is 29.4 Å². The van der Waals surface area contributed by atoms with Crippen LogP contribution in [0.15, 0.2) is 65.7 Å². The van der Waals surface area contributed by atoms with Crippen molar-refractivity contribution in [3.8, 4) is 0 Å². The molecule has 110 valence electrons. The Labute approximate surface area is 134 Å². The van der Waals surface area contributed by atoms with Gasteiger partial charge in [-0.1, -0.05) is 42.5 Å². The molecule has 2 aromatic carbocycles. The zero-order valence-electron chi connectivity index (χ0n) is 12.0. The molecule has 4 heteroatoms. The monoisotopic (exact) mass is 308 g/mol. The molecule has 0 aliphatic heterocycles. The van der Waals surface area contributed by atoms with Crippen molar-refractivity contribution in [2.75, 3.05) is 6.54 Å². The number of fused-ring (bicyclic) bond motifs is 1. The van der Waals surface area contributed by atoms with Gasteiger partial charge in [0.15, 0.2) is 0 Å².